The van der Waals surface area contributed by atoms with Crippen molar-refractivity contribution in [2.75, 3.05) is 39.8 Å². The number of aliphatic hydroxyl groups excluding tert-OH is 1. The number of hydrogen-bond donors (Lipinski definition) is 2. The number of unbranched alkanes of at least 4 members (excludes halogenated alkanes) is 3. The third-order valence-electron chi connectivity index (χ3n) is 6.87. The van der Waals surface area contributed by atoms with Gasteiger partial charge in [-0.15, -0.1) is 0 Å². The van der Waals surface area contributed by atoms with Gasteiger partial charge in [0.15, 0.2) is 0 Å². The van der Waals surface area contributed by atoms with Crippen molar-refractivity contribution >= 4 is 0 Å². The summed E-state index contributed by atoms with van der Waals surface area (Å²) in [5, 5.41) is 13.3. The van der Waals surface area contributed by atoms with E-state index in [1.54, 1.807) is 0 Å². The van der Waals surface area contributed by atoms with Gasteiger partial charge in [0.1, 0.15) is 0 Å². The molecule has 0 fully saturated rings. The third-order valence-corrected chi connectivity index (χ3v) is 6.87. The minimum atomic E-state index is -0.261. The summed E-state index contributed by atoms with van der Waals surface area (Å²) in [7, 11) is 2.09. The molecular weight excluding hydrogens is 430 g/mol. The molecule has 4 nitrogen and oxygen atoms in total. The van der Waals surface area contributed by atoms with Crippen LogP contribution in [0.5, 0.6) is 0 Å². The first-order valence-corrected chi connectivity index (χ1v) is 14.6. The number of hydrogen-bond acceptors (Lipinski definition) is 4. The summed E-state index contributed by atoms with van der Waals surface area (Å²) < 4.78 is 0. The second-order valence-corrected chi connectivity index (χ2v) is 10.9. The van der Waals surface area contributed by atoms with Crippen LogP contribution in [0.4, 0.5) is 0 Å². The Labute approximate surface area is 219 Å². The summed E-state index contributed by atoms with van der Waals surface area (Å²) in [6.45, 7) is 27.1. The van der Waals surface area contributed by atoms with Gasteiger partial charge in [0, 0.05) is 44.5 Å². The molecule has 35 heavy (non-hydrogen) atoms. The van der Waals surface area contributed by atoms with Gasteiger partial charge in [0.25, 0.3) is 0 Å². The molecule has 1 atom stereocenters. The average molecular weight is 492 g/mol. The molecule has 206 valence electrons. The second kappa shape index (κ2) is 22.0. The van der Waals surface area contributed by atoms with Gasteiger partial charge in [-0.2, -0.15) is 0 Å². The Kier molecular flexibility index (Phi) is 21.2. The van der Waals surface area contributed by atoms with E-state index in [-0.39, 0.29) is 6.10 Å². The first-order valence-electron chi connectivity index (χ1n) is 14.6. The maximum atomic E-state index is 9.78. The normalized spacial score (nSPS) is 12.2. The molecule has 0 aliphatic heterocycles. The maximum Gasteiger partial charge on any atom is 0.0591 e. The Hall–Kier alpha value is -1.26. The average Bonchev–Trinajstić information content (AvgIpc) is 2.81. The number of rotatable bonds is 25. The lowest BCUT2D eigenvalue weighted by Gasteiger charge is -2.23. The smallest absolute Gasteiger partial charge is 0.0591 e. The van der Waals surface area contributed by atoms with Crippen molar-refractivity contribution in [1.29, 1.82) is 0 Å². The van der Waals surface area contributed by atoms with Crippen molar-refractivity contribution in [3.8, 4) is 0 Å². The van der Waals surface area contributed by atoms with Gasteiger partial charge in [-0.1, -0.05) is 72.3 Å². The molecule has 0 saturated carbocycles. The molecule has 0 aromatic rings. The number of nitrogens with zero attached hydrogens (tertiary/aromatic N) is 2. The van der Waals surface area contributed by atoms with Gasteiger partial charge in [-0.05, 0) is 76.8 Å². The summed E-state index contributed by atoms with van der Waals surface area (Å²) >= 11 is 0. The van der Waals surface area contributed by atoms with Gasteiger partial charge in [-0.25, -0.2) is 0 Å². The molecule has 2 N–H and O–H groups in total. The first kappa shape index (κ1) is 33.7. The molecule has 0 aliphatic rings. The predicted molar refractivity (Wildman–Crippen MR) is 157 cm³/mol. The molecule has 0 rings (SSSR count). The van der Waals surface area contributed by atoms with E-state index in [2.05, 4.69) is 62.7 Å². The van der Waals surface area contributed by atoms with Crippen LogP contribution in [0.15, 0.2) is 36.7 Å². The summed E-state index contributed by atoms with van der Waals surface area (Å²) in [4.78, 5) is 4.84. The van der Waals surface area contributed by atoms with Gasteiger partial charge < -0.3 is 20.2 Å². The highest BCUT2D eigenvalue weighted by molar-refractivity contribution is 4.95. The predicted octanol–water partition coefficient (Wildman–Crippen LogP) is 7.52. The number of nitrogens with one attached hydrogen (secondary N) is 1. The van der Waals surface area contributed by atoms with Crippen LogP contribution in [0.1, 0.15) is 111 Å². The quantitative estimate of drug-likeness (QED) is 0.102. The Morgan fingerprint density at radius 2 is 1.51 bits per heavy atom. The lowest BCUT2D eigenvalue weighted by atomic mass is 10.1. The van der Waals surface area contributed by atoms with E-state index in [1.165, 1.54) is 69.2 Å². The zero-order valence-corrected chi connectivity index (χ0v) is 24.3. The summed E-state index contributed by atoms with van der Waals surface area (Å²) in [5.74, 6) is 0.788. The van der Waals surface area contributed by atoms with Gasteiger partial charge >= 0.3 is 0 Å². The molecule has 0 saturated heterocycles. The van der Waals surface area contributed by atoms with Crippen molar-refractivity contribution in [3.05, 3.63) is 36.7 Å². The minimum absolute atomic E-state index is 0.261. The van der Waals surface area contributed by atoms with E-state index in [4.69, 9.17) is 0 Å². The highest BCUT2D eigenvalue weighted by Crippen LogP contribution is 2.13. The van der Waals surface area contributed by atoms with Crippen molar-refractivity contribution in [2.45, 2.75) is 117 Å². The highest BCUT2D eigenvalue weighted by atomic mass is 16.3. The van der Waals surface area contributed by atoms with Crippen molar-refractivity contribution in [2.24, 2.45) is 5.92 Å². The van der Waals surface area contributed by atoms with E-state index in [9.17, 15) is 5.11 Å². The fourth-order valence-corrected chi connectivity index (χ4v) is 4.28. The lowest BCUT2D eigenvalue weighted by molar-refractivity contribution is 0.160. The Morgan fingerprint density at radius 3 is 2.17 bits per heavy atom. The number of aliphatic hydroxyl groups is 1. The van der Waals surface area contributed by atoms with Crippen molar-refractivity contribution in [1.82, 2.24) is 15.1 Å². The highest BCUT2D eigenvalue weighted by Gasteiger charge is 2.08. The van der Waals surface area contributed by atoms with Crippen LogP contribution in [-0.4, -0.2) is 60.8 Å². The monoisotopic (exact) mass is 491 g/mol. The summed E-state index contributed by atoms with van der Waals surface area (Å²) in [5.41, 5.74) is 3.63. The lowest BCUT2D eigenvalue weighted by Crippen LogP contribution is -2.28. The molecule has 0 heterocycles. The maximum absolute atomic E-state index is 9.78. The fourth-order valence-electron chi connectivity index (χ4n) is 4.28. The SMILES string of the molecule is C=C(CCC)CCN(CCCC(=C)NCCCCCCN(C)C(=C)CC(O)CC)CCCC(C)C. The minimum Gasteiger partial charge on any atom is -0.393 e. The molecular formula is C31H61N3O. The van der Waals surface area contributed by atoms with E-state index in [0.717, 1.165) is 63.5 Å². The molecule has 0 radical (unpaired) electrons. The molecule has 0 spiro atoms. The van der Waals surface area contributed by atoms with Crippen LogP contribution in [0.2, 0.25) is 0 Å². The van der Waals surface area contributed by atoms with Crippen LogP contribution in [0, 0.1) is 5.92 Å². The fraction of sp³-hybridized carbons (Fsp3) is 0.806. The standard InChI is InChI=1S/C31H61N3O/c1-9-17-28(5)20-25-34(23-15-18-27(3)4)24-16-19-29(6)32-21-13-11-12-14-22-33(8)30(7)26-31(35)10-2/h27,31-32,35H,5-7,9-26H2,1-4,8H3. The van der Waals surface area contributed by atoms with E-state index in [1.807, 2.05) is 6.92 Å². The Morgan fingerprint density at radius 1 is 0.829 bits per heavy atom. The van der Waals surface area contributed by atoms with Crippen LogP contribution in [-0.2, 0) is 0 Å². The first-order chi connectivity index (χ1) is 16.7. The second-order valence-electron chi connectivity index (χ2n) is 10.9. The molecule has 0 amide bonds. The van der Waals surface area contributed by atoms with E-state index in [0.29, 0.717) is 6.42 Å². The Balaban J connectivity index is 3.96. The van der Waals surface area contributed by atoms with Crippen molar-refractivity contribution < 1.29 is 5.11 Å². The van der Waals surface area contributed by atoms with Crippen LogP contribution >= 0.6 is 0 Å². The third kappa shape index (κ3) is 20.6. The van der Waals surface area contributed by atoms with E-state index >= 15 is 0 Å². The molecule has 0 aliphatic carbocycles. The molecule has 4 heteroatoms. The molecule has 0 aromatic heterocycles. The molecule has 0 aromatic carbocycles. The van der Waals surface area contributed by atoms with Crippen LogP contribution < -0.4 is 5.32 Å². The zero-order valence-electron chi connectivity index (χ0n) is 24.3. The van der Waals surface area contributed by atoms with E-state index < -0.39 is 0 Å². The molecule has 0 bridgehead atoms. The topological polar surface area (TPSA) is 38.7 Å². The van der Waals surface area contributed by atoms with Gasteiger partial charge in [-0.3, -0.25) is 0 Å². The summed E-state index contributed by atoms with van der Waals surface area (Å²) in [6, 6.07) is 0. The van der Waals surface area contributed by atoms with Crippen LogP contribution in [0.3, 0.4) is 0 Å². The van der Waals surface area contributed by atoms with Crippen LogP contribution in [0.25, 0.3) is 0 Å². The largest absolute Gasteiger partial charge is 0.393 e. The van der Waals surface area contributed by atoms with Crippen molar-refractivity contribution in [3.63, 3.8) is 0 Å². The Bertz CT molecular complexity index is 557. The number of allylic oxidation sites excluding steroid dienone is 1. The zero-order chi connectivity index (χ0) is 26.5. The molecule has 1 unspecified atom stereocenters. The summed E-state index contributed by atoms with van der Waals surface area (Å²) in [6.07, 6.45) is 14.4. The van der Waals surface area contributed by atoms with Gasteiger partial charge in [0.2, 0.25) is 0 Å². The van der Waals surface area contributed by atoms with Gasteiger partial charge in [0.05, 0.1) is 6.10 Å².